The minimum absolute atomic E-state index is 0.00890. The molecule has 0 amide bonds. The highest BCUT2D eigenvalue weighted by atomic mass is 32.2. The summed E-state index contributed by atoms with van der Waals surface area (Å²) in [5, 5.41) is 0.460. The fraction of sp³-hybridized carbons (Fsp3) is 0.188. The van der Waals surface area contributed by atoms with Gasteiger partial charge < -0.3 is 4.57 Å². The lowest BCUT2D eigenvalue weighted by Gasteiger charge is -2.08. The molecule has 2 aromatic heterocycles. The lowest BCUT2D eigenvalue weighted by molar-refractivity contribution is 0.509. The zero-order chi connectivity index (χ0) is 17.5. The Morgan fingerprint density at radius 3 is 2.58 bits per heavy atom. The zero-order valence-corrected chi connectivity index (χ0v) is 13.8. The van der Waals surface area contributed by atoms with Crippen molar-refractivity contribution in [2.45, 2.75) is 24.8 Å². The summed E-state index contributed by atoms with van der Waals surface area (Å²) in [7, 11) is -3.98. The summed E-state index contributed by atoms with van der Waals surface area (Å²) in [5.74, 6) is -2.17. The van der Waals surface area contributed by atoms with Crippen LogP contribution in [0, 0.1) is 11.6 Å². The van der Waals surface area contributed by atoms with E-state index in [-0.39, 0.29) is 16.6 Å². The van der Waals surface area contributed by atoms with E-state index in [0.29, 0.717) is 11.0 Å². The van der Waals surface area contributed by atoms with E-state index < -0.39 is 21.7 Å². The molecule has 0 atom stereocenters. The minimum Gasteiger partial charge on any atom is -0.329 e. The molecule has 3 aromatic rings. The van der Waals surface area contributed by atoms with Gasteiger partial charge in [-0.1, -0.05) is 0 Å². The van der Waals surface area contributed by atoms with Gasteiger partial charge in [0.05, 0.1) is 5.69 Å². The molecule has 24 heavy (non-hydrogen) atoms. The molecule has 126 valence electrons. The van der Waals surface area contributed by atoms with Crippen molar-refractivity contribution in [1.82, 2.24) is 9.55 Å². The van der Waals surface area contributed by atoms with E-state index in [9.17, 15) is 17.2 Å². The van der Waals surface area contributed by atoms with E-state index in [4.69, 9.17) is 0 Å². The third kappa shape index (κ3) is 2.84. The van der Waals surface area contributed by atoms with Crippen LogP contribution in [0.4, 0.5) is 14.5 Å². The van der Waals surface area contributed by atoms with Crippen molar-refractivity contribution in [2.75, 3.05) is 4.72 Å². The van der Waals surface area contributed by atoms with Gasteiger partial charge in [-0.15, -0.1) is 0 Å². The monoisotopic (exact) mass is 351 g/mol. The van der Waals surface area contributed by atoms with Crippen LogP contribution in [0.1, 0.15) is 19.9 Å². The fourth-order valence-corrected chi connectivity index (χ4v) is 3.68. The number of nitrogens with zero attached hydrogens (tertiary/aromatic N) is 2. The molecular formula is C16H15F2N3O2S. The molecule has 0 spiro atoms. The predicted octanol–water partition coefficient (Wildman–Crippen LogP) is 3.70. The van der Waals surface area contributed by atoms with Gasteiger partial charge in [0.25, 0.3) is 10.0 Å². The summed E-state index contributed by atoms with van der Waals surface area (Å²) in [6.45, 7) is 3.82. The van der Waals surface area contributed by atoms with Crippen LogP contribution < -0.4 is 4.72 Å². The molecule has 0 aliphatic carbocycles. The van der Waals surface area contributed by atoms with Crippen molar-refractivity contribution in [3.05, 3.63) is 54.4 Å². The molecule has 0 unspecified atom stereocenters. The van der Waals surface area contributed by atoms with E-state index in [1.807, 2.05) is 13.8 Å². The van der Waals surface area contributed by atoms with Gasteiger partial charge in [0.15, 0.2) is 11.6 Å². The number of nitrogens with one attached hydrogen (secondary N) is 1. The lowest BCUT2D eigenvalue weighted by atomic mass is 10.3. The van der Waals surface area contributed by atoms with Crippen LogP contribution in [-0.4, -0.2) is 18.0 Å². The Hall–Kier alpha value is -2.48. The molecule has 0 saturated heterocycles. The number of hydrogen-bond donors (Lipinski definition) is 1. The Morgan fingerprint density at radius 2 is 1.92 bits per heavy atom. The third-order valence-electron chi connectivity index (χ3n) is 3.57. The van der Waals surface area contributed by atoms with Gasteiger partial charge in [-0.05, 0) is 38.1 Å². The molecule has 0 saturated carbocycles. The molecule has 2 heterocycles. The van der Waals surface area contributed by atoms with E-state index in [0.717, 1.165) is 18.2 Å². The number of anilines is 1. The molecule has 0 fully saturated rings. The Morgan fingerprint density at radius 1 is 1.17 bits per heavy atom. The normalized spacial score (nSPS) is 12.0. The number of rotatable bonds is 4. The first-order valence-electron chi connectivity index (χ1n) is 7.23. The van der Waals surface area contributed by atoms with Crippen molar-refractivity contribution in [2.24, 2.45) is 0 Å². The smallest absolute Gasteiger partial charge is 0.264 e. The van der Waals surface area contributed by atoms with Gasteiger partial charge in [-0.3, -0.25) is 4.72 Å². The van der Waals surface area contributed by atoms with Gasteiger partial charge in [0.1, 0.15) is 10.5 Å². The molecule has 0 aliphatic rings. The Balaban J connectivity index is 2.10. The number of sulfonamides is 1. The number of aromatic nitrogens is 2. The SMILES string of the molecule is CC(C)n1cc(S(=O)(=O)Nc2ccc(F)c(F)c2)c2cccnc21. The van der Waals surface area contributed by atoms with Crippen LogP contribution in [0.2, 0.25) is 0 Å². The first kappa shape index (κ1) is 16.4. The summed E-state index contributed by atoms with van der Waals surface area (Å²) >= 11 is 0. The largest absolute Gasteiger partial charge is 0.329 e. The second-order valence-electron chi connectivity index (χ2n) is 5.60. The Bertz CT molecular complexity index is 1010. The van der Waals surface area contributed by atoms with Crippen molar-refractivity contribution >= 4 is 26.7 Å². The van der Waals surface area contributed by atoms with E-state index in [1.54, 1.807) is 22.9 Å². The third-order valence-corrected chi connectivity index (χ3v) is 4.98. The number of pyridine rings is 1. The van der Waals surface area contributed by atoms with Crippen LogP contribution in [-0.2, 0) is 10.0 Å². The highest BCUT2D eigenvalue weighted by Crippen LogP contribution is 2.28. The molecule has 1 aromatic carbocycles. The number of hydrogen-bond acceptors (Lipinski definition) is 3. The number of fused-ring (bicyclic) bond motifs is 1. The van der Waals surface area contributed by atoms with Gasteiger partial charge in [0.2, 0.25) is 0 Å². The van der Waals surface area contributed by atoms with Crippen molar-refractivity contribution < 1.29 is 17.2 Å². The average molecular weight is 351 g/mol. The van der Waals surface area contributed by atoms with Crippen LogP contribution in [0.15, 0.2) is 47.6 Å². The van der Waals surface area contributed by atoms with Crippen LogP contribution in [0.3, 0.4) is 0 Å². The van der Waals surface area contributed by atoms with Gasteiger partial charge in [-0.2, -0.15) is 0 Å². The van der Waals surface area contributed by atoms with Crippen molar-refractivity contribution in [3.63, 3.8) is 0 Å². The topological polar surface area (TPSA) is 64.0 Å². The molecule has 5 nitrogen and oxygen atoms in total. The quantitative estimate of drug-likeness (QED) is 0.780. The van der Waals surface area contributed by atoms with Gasteiger partial charge in [-0.25, -0.2) is 22.2 Å². The first-order chi connectivity index (χ1) is 11.3. The standard InChI is InChI=1S/C16H15F2N3O2S/c1-10(2)21-9-15(12-4-3-7-19-16(12)21)24(22,23)20-11-5-6-13(17)14(18)8-11/h3-10,20H,1-2H3. The molecule has 3 rings (SSSR count). The highest BCUT2D eigenvalue weighted by Gasteiger charge is 2.23. The summed E-state index contributed by atoms with van der Waals surface area (Å²) in [4.78, 5) is 4.26. The van der Waals surface area contributed by atoms with Crippen LogP contribution in [0.25, 0.3) is 11.0 Å². The molecular weight excluding hydrogens is 336 g/mol. The Kier molecular flexibility index (Phi) is 4.00. The maximum absolute atomic E-state index is 13.3. The van der Waals surface area contributed by atoms with Crippen LogP contribution >= 0.6 is 0 Å². The Labute approximate surface area is 138 Å². The molecule has 8 heteroatoms. The first-order valence-corrected chi connectivity index (χ1v) is 8.71. The van der Waals surface area contributed by atoms with Gasteiger partial charge >= 0.3 is 0 Å². The van der Waals surface area contributed by atoms with Crippen LogP contribution in [0.5, 0.6) is 0 Å². The molecule has 1 N–H and O–H groups in total. The molecule has 0 aliphatic heterocycles. The van der Waals surface area contributed by atoms with Gasteiger partial charge in [0, 0.05) is 29.9 Å². The molecule has 0 radical (unpaired) electrons. The summed E-state index contributed by atoms with van der Waals surface area (Å²) in [5.41, 5.74) is 0.487. The summed E-state index contributed by atoms with van der Waals surface area (Å²) in [6, 6.07) is 6.13. The lowest BCUT2D eigenvalue weighted by Crippen LogP contribution is -2.13. The zero-order valence-electron chi connectivity index (χ0n) is 13.0. The predicted molar refractivity (Wildman–Crippen MR) is 87.3 cm³/mol. The highest BCUT2D eigenvalue weighted by molar-refractivity contribution is 7.93. The number of benzene rings is 1. The van der Waals surface area contributed by atoms with Crippen molar-refractivity contribution in [3.8, 4) is 0 Å². The maximum Gasteiger partial charge on any atom is 0.264 e. The van der Waals surface area contributed by atoms with E-state index in [1.165, 1.54) is 6.20 Å². The summed E-state index contributed by atoms with van der Waals surface area (Å²) in [6.07, 6.45) is 3.07. The average Bonchev–Trinajstić information content (AvgIpc) is 2.91. The van der Waals surface area contributed by atoms with E-state index in [2.05, 4.69) is 9.71 Å². The second kappa shape index (κ2) is 5.86. The number of halogens is 2. The second-order valence-corrected chi connectivity index (χ2v) is 7.25. The fourth-order valence-electron chi connectivity index (χ4n) is 2.43. The van der Waals surface area contributed by atoms with E-state index >= 15 is 0 Å². The summed E-state index contributed by atoms with van der Waals surface area (Å²) < 4.78 is 55.7. The minimum atomic E-state index is -3.98. The molecule has 0 bridgehead atoms. The maximum atomic E-state index is 13.3. The van der Waals surface area contributed by atoms with Crippen molar-refractivity contribution in [1.29, 1.82) is 0 Å².